The summed E-state index contributed by atoms with van der Waals surface area (Å²) in [5.74, 6) is 1.33. The van der Waals surface area contributed by atoms with E-state index < -0.39 is 5.60 Å². The van der Waals surface area contributed by atoms with Crippen LogP contribution >= 0.6 is 0 Å². The summed E-state index contributed by atoms with van der Waals surface area (Å²) in [6, 6.07) is 0. The number of nitrogen functional groups attached to an aromatic ring is 1. The number of hydrogen-bond donors (Lipinski definition) is 2. The molecule has 5 heterocycles. The molecule has 2 fully saturated rings. The number of ether oxygens (including phenoxy) is 1. The summed E-state index contributed by atoms with van der Waals surface area (Å²) in [5, 5.41) is 15.5. The standard InChI is InChI=1S/C19H24N8O2/c1-19(2,28)10-27-16-14(6-23-27)15(12-4-21-17(20)22-5-12)24-18(25-16)26-7-11-3-13(8-26)29-9-11/h4-6,11,13,28H,3,7-10H2,1-2H3,(H2,20,21,22). The number of aromatic nitrogens is 6. The van der Waals surface area contributed by atoms with Crippen LogP contribution in [0.2, 0.25) is 0 Å². The van der Waals surface area contributed by atoms with Crippen LogP contribution in [0.4, 0.5) is 11.9 Å². The van der Waals surface area contributed by atoms with Gasteiger partial charge >= 0.3 is 0 Å². The average Bonchev–Trinajstić information content (AvgIpc) is 3.23. The van der Waals surface area contributed by atoms with Gasteiger partial charge in [0.25, 0.3) is 0 Å². The zero-order valence-corrected chi connectivity index (χ0v) is 16.5. The molecule has 0 aliphatic carbocycles. The summed E-state index contributed by atoms with van der Waals surface area (Å²) in [4.78, 5) is 20.1. The quantitative estimate of drug-likeness (QED) is 0.660. The molecule has 0 spiro atoms. The van der Waals surface area contributed by atoms with Gasteiger partial charge in [-0.2, -0.15) is 10.1 Å². The van der Waals surface area contributed by atoms with E-state index >= 15 is 0 Å². The molecular weight excluding hydrogens is 372 g/mol. The molecule has 2 saturated heterocycles. The molecule has 0 aromatic carbocycles. The maximum absolute atomic E-state index is 10.3. The molecule has 3 aromatic rings. The van der Waals surface area contributed by atoms with Crippen LogP contribution in [0.5, 0.6) is 0 Å². The highest BCUT2D eigenvalue weighted by molar-refractivity contribution is 5.90. The van der Waals surface area contributed by atoms with E-state index in [2.05, 4.69) is 20.0 Å². The first-order chi connectivity index (χ1) is 13.9. The van der Waals surface area contributed by atoms with Crippen LogP contribution in [-0.4, -0.2) is 66.2 Å². The topological polar surface area (TPSA) is 128 Å². The van der Waals surface area contributed by atoms with Crippen LogP contribution in [-0.2, 0) is 11.3 Å². The second-order valence-electron chi connectivity index (χ2n) is 8.52. The monoisotopic (exact) mass is 396 g/mol. The SMILES string of the molecule is CC(C)(O)Cn1ncc2c(-c3cnc(N)nc3)nc(N3CC4COC(C4)C3)nc21. The van der Waals surface area contributed by atoms with E-state index in [1.165, 1.54) is 0 Å². The van der Waals surface area contributed by atoms with Crippen molar-refractivity contribution >= 4 is 22.9 Å². The predicted molar refractivity (Wildman–Crippen MR) is 107 cm³/mol. The number of aliphatic hydroxyl groups is 1. The van der Waals surface area contributed by atoms with Gasteiger partial charge in [-0.3, -0.25) is 0 Å². The Hall–Kier alpha value is -2.85. The number of rotatable bonds is 4. The van der Waals surface area contributed by atoms with Gasteiger partial charge in [0.1, 0.15) is 0 Å². The third-order valence-corrected chi connectivity index (χ3v) is 5.32. The summed E-state index contributed by atoms with van der Waals surface area (Å²) in [7, 11) is 0. The van der Waals surface area contributed by atoms with Gasteiger partial charge in [-0.05, 0) is 20.3 Å². The van der Waals surface area contributed by atoms with E-state index in [0.717, 1.165) is 37.1 Å². The van der Waals surface area contributed by atoms with Gasteiger partial charge in [0.15, 0.2) is 5.65 Å². The second kappa shape index (κ2) is 6.60. The van der Waals surface area contributed by atoms with Crippen LogP contribution in [0.3, 0.4) is 0 Å². The van der Waals surface area contributed by atoms with Gasteiger partial charge < -0.3 is 20.5 Å². The normalized spacial score (nSPS) is 21.8. The molecule has 152 valence electrons. The Kier molecular flexibility index (Phi) is 4.14. The van der Waals surface area contributed by atoms with Gasteiger partial charge in [-0.1, -0.05) is 0 Å². The minimum absolute atomic E-state index is 0.210. The minimum atomic E-state index is -0.924. The fraction of sp³-hybridized carbons (Fsp3) is 0.526. The van der Waals surface area contributed by atoms with Crippen molar-refractivity contribution in [2.45, 2.75) is 38.5 Å². The first-order valence-corrected chi connectivity index (χ1v) is 9.76. The Bertz CT molecular complexity index is 1030. The summed E-state index contributed by atoms with van der Waals surface area (Å²) in [6.45, 7) is 6.23. The van der Waals surface area contributed by atoms with Crippen LogP contribution in [0.25, 0.3) is 22.3 Å². The summed E-state index contributed by atoms with van der Waals surface area (Å²) in [6.07, 6.45) is 6.35. The molecule has 2 bridgehead atoms. The summed E-state index contributed by atoms with van der Waals surface area (Å²) < 4.78 is 7.56. The van der Waals surface area contributed by atoms with Crippen molar-refractivity contribution < 1.29 is 9.84 Å². The number of anilines is 2. The van der Waals surface area contributed by atoms with E-state index in [-0.39, 0.29) is 12.1 Å². The van der Waals surface area contributed by atoms with Crippen molar-refractivity contribution in [3.63, 3.8) is 0 Å². The lowest BCUT2D eigenvalue weighted by Crippen LogP contribution is -2.40. The van der Waals surface area contributed by atoms with Gasteiger partial charge in [0.05, 0.1) is 42.1 Å². The van der Waals surface area contributed by atoms with Crippen molar-refractivity contribution in [1.82, 2.24) is 29.7 Å². The highest BCUT2D eigenvalue weighted by atomic mass is 16.5. The number of nitrogens with two attached hydrogens (primary N) is 1. The third kappa shape index (κ3) is 3.49. The summed E-state index contributed by atoms with van der Waals surface area (Å²) in [5.41, 5.74) is 6.84. The maximum atomic E-state index is 10.3. The van der Waals surface area contributed by atoms with E-state index in [0.29, 0.717) is 29.8 Å². The van der Waals surface area contributed by atoms with Gasteiger partial charge in [-0.25, -0.2) is 19.6 Å². The highest BCUT2D eigenvalue weighted by Crippen LogP contribution is 2.32. The molecule has 10 nitrogen and oxygen atoms in total. The average molecular weight is 396 g/mol. The lowest BCUT2D eigenvalue weighted by atomic mass is 10.0. The van der Waals surface area contributed by atoms with Crippen molar-refractivity contribution in [2.24, 2.45) is 5.92 Å². The van der Waals surface area contributed by atoms with E-state index in [1.807, 2.05) is 0 Å². The fourth-order valence-corrected chi connectivity index (χ4v) is 4.08. The number of piperidine rings is 1. The Morgan fingerprint density at radius 1 is 1.21 bits per heavy atom. The Labute approximate surface area is 167 Å². The van der Waals surface area contributed by atoms with Crippen LogP contribution < -0.4 is 10.6 Å². The Morgan fingerprint density at radius 3 is 2.72 bits per heavy atom. The van der Waals surface area contributed by atoms with Crippen LogP contribution in [0.15, 0.2) is 18.6 Å². The van der Waals surface area contributed by atoms with Crippen LogP contribution in [0, 0.1) is 5.92 Å². The van der Waals surface area contributed by atoms with Gasteiger partial charge in [0.2, 0.25) is 11.9 Å². The molecule has 2 atom stereocenters. The van der Waals surface area contributed by atoms with E-state index in [1.54, 1.807) is 37.1 Å². The van der Waals surface area contributed by atoms with Gasteiger partial charge in [0, 0.05) is 37.0 Å². The van der Waals surface area contributed by atoms with Crippen molar-refractivity contribution in [3.8, 4) is 11.3 Å². The molecule has 10 heteroatoms. The number of hydrogen-bond acceptors (Lipinski definition) is 9. The number of nitrogens with zero attached hydrogens (tertiary/aromatic N) is 7. The molecule has 2 unspecified atom stereocenters. The Morgan fingerprint density at radius 2 is 2.00 bits per heavy atom. The predicted octanol–water partition coefficient (Wildman–Crippen LogP) is 0.861. The lowest BCUT2D eigenvalue weighted by molar-refractivity contribution is 0.0589. The van der Waals surface area contributed by atoms with Crippen molar-refractivity contribution in [2.75, 3.05) is 30.3 Å². The molecule has 29 heavy (non-hydrogen) atoms. The largest absolute Gasteiger partial charge is 0.389 e. The Balaban J connectivity index is 1.64. The smallest absolute Gasteiger partial charge is 0.228 e. The van der Waals surface area contributed by atoms with Crippen LogP contribution in [0.1, 0.15) is 20.3 Å². The molecule has 0 radical (unpaired) electrons. The molecular formula is C19H24N8O2. The third-order valence-electron chi connectivity index (χ3n) is 5.32. The first-order valence-electron chi connectivity index (χ1n) is 9.76. The molecule has 2 aliphatic rings. The molecule has 3 N–H and O–H groups in total. The van der Waals surface area contributed by atoms with Gasteiger partial charge in [-0.15, -0.1) is 0 Å². The molecule has 2 aliphatic heterocycles. The number of fused-ring (bicyclic) bond motifs is 3. The highest BCUT2D eigenvalue weighted by Gasteiger charge is 2.35. The van der Waals surface area contributed by atoms with Crippen molar-refractivity contribution in [1.29, 1.82) is 0 Å². The minimum Gasteiger partial charge on any atom is -0.389 e. The molecule has 5 rings (SSSR count). The summed E-state index contributed by atoms with van der Waals surface area (Å²) >= 11 is 0. The van der Waals surface area contributed by atoms with E-state index in [9.17, 15) is 5.11 Å². The molecule has 0 saturated carbocycles. The zero-order chi connectivity index (χ0) is 20.2. The van der Waals surface area contributed by atoms with E-state index in [4.69, 9.17) is 20.4 Å². The first kappa shape index (κ1) is 18.2. The fourth-order valence-electron chi connectivity index (χ4n) is 4.08. The second-order valence-corrected chi connectivity index (χ2v) is 8.52. The maximum Gasteiger partial charge on any atom is 0.228 e. The van der Waals surface area contributed by atoms with Crippen molar-refractivity contribution in [3.05, 3.63) is 18.6 Å². The zero-order valence-electron chi connectivity index (χ0n) is 16.5. The molecule has 3 aromatic heterocycles. The lowest BCUT2D eigenvalue weighted by Gasteiger charge is -2.30. The molecule has 0 amide bonds.